The average molecular weight is 161 g/mol. The molecular formula is C7H7N5. The summed E-state index contributed by atoms with van der Waals surface area (Å²) in [6.45, 7) is 0. The second kappa shape index (κ2) is 2.61. The molecule has 2 N–H and O–H groups in total. The van der Waals surface area contributed by atoms with Crippen LogP contribution in [0.3, 0.4) is 0 Å². The molecule has 2 aromatic rings. The van der Waals surface area contributed by atoms with Gasteiger partial charge in [0, 0.05) is 6.20 Å². The number of anilines is 1. The fourth-order valence-electron chi connectivity index (χ4n) is 0.902. The van der Waals surface area contributed by atoms with E-state index in [1.807, 2.05) is 0 Å². The number of hydrogen-bond acceptors (Lipinski definition) is 4. The van der Waals surface area contributed by atoms with Gasteiger partial charge in [0.05, 0.1) is 18.1 Å². The van der Waals surface area contributed by atoms with Crippen molar-refractivity contribution in [3.8, 4) is 5.82 Å². The first-order chi connectivity index (χ1) is 5.88. The van der Waals surface area contributed by atoms with Crippen LogP contribution in [0.4, 0.5) is 5.69 Å². The third-order valence-corrected chi connectivity index (χ3v) is 1.43. The number of aromatic nitrogens is 4. The summed E-state index contributed by atoms with van der Waals surface area (Å²) < 4.78 is 0. The van der Waals surface area contributed by atoms with Crippen LogP contribution in [-0.4, -0.2) is 20.0 Å². The van der Waals surface area contributed by atoms with Gasteiger partial charge < -0.3 is 5.73 Å². The van der Waals surface area contributed by atoms with Crippen molar-refractivity contribution in [1.29, 1.82) is 0 Å². The zero-order chi connectivity index (χ0) is 8.39. The summed E-state index contributed by atoms with van der Waals surface area (Å²) in [5.74, 6) is 0.558. The fraction of sp³-hybridized carbons (Fsp3) is 0. The standard InChI is InChI=1S/C7H7N5/c8-6-2-1-3-9-7(6)12-10-4-5-11-12/h1-5H,8H2. The number of pyridine rings is 1. The molecule has 0 saturated heterocycles. The Kier molecular flexibility index (Phi) is 1.48. The van der Waals surface area contributed by atoms with Crippen molar-refractivity contribution in [3.63, 3.8) is 0 Å². The van der Waals surface area contributed by atoms with E-state index < -0.39 is 0 Å². The Bertz CT molecular complexity index is 367. The molecule has 60 valence electrons. The number of nitrogens with zero attached hydrogens (tertiary/aromatic N) is 4. The molecule has 2 heterocycles. The van der Waals surface area contributed by atoms with E-state index in [0.29, 0.717) is 11.5 Å². The van der Waals surface area contributed by atoms with Gasteiger partial charge in [0.25, 0.3) is 0 Å². The molecule has 0 aliphatic heterocycles. The van der Waals surface area contributed by atoms with Gasteiger partial charge in [-0.05, 0) is 12.1 Å². The first-order valence-electron chi connectivity index (χ1n) is 3.45. The van der Waals surface area contributed by atoms with Crippen LogP contribution < -0.4 is 5.73 Å². The van der Waals surface area contributed by atoms with E-state index >= 15 is 0 Å². The predicted octanol–water partition coefficient (Wildman–Crippen LogP) is 0.244. The summed E-state index contributed by atoms with van der Waals surface area (Å²) in [5.41, 5.74) is 6.21. The van der Waals surface area contributed by atoms with Gasteiger partial charge in [-0.15, -0.1) is 4.80 Å². The first kappa shape index (κ1) is 6.78. The Balaban J connectivity index is 2.55. The lowest BCUT2D eigenvalue weighted by Crippen LogP contribution is -2.04. The smallest absolute Gasteiger partial charge is 0.197 e. The summed E-state index contributed by atoms with van der Waals surface area (Å²) >= 11 is 0. The molecule has 5 nitrogen and oxygen atoms in total. The maximum Gasteiger partial charge on any atom is 0.197 e. The monoisotopic (exact) mass is 161 g/mol. The van der Waals surface area contributed by atoms with Crippen molar-refractivity contribution in [3.05, 3.63) is 30.7 Å². The Hall–Kier alpha value is -1.91. The van der Waals surface area contributed by atoms with Crippen LogP contribution >= 0.6 is 0 Å². The van der Waals surface area contributed by atoms with Crippen LogP contribution in [0.1, 0.15) is 0 Å². The molecule has 0 bridgehead atoms. The summed E-state index contributed by atoms with van der Waals surface area (Å²) in [4.78, 5) is 5.42. The number of nitrogens with two attached hydrogens (primary N) is 1. The zero-order valence-corrected chi connectivity index (χ0v) is 6.25. The second-order valence-corrected chi connectivity index (χ2v) is 2.23. The average Bonchev–Trinajstić information content (AvgIpc) is 2.57. The molecule has 5 heteroatoms. The third kappa shape index (κ3) is 1.01. The predicted molar refractivity (Wildman–Crippen MR) is 43.6 cm³/mol. The minimum Gasteiger partial charge on any atom is -0.396 e. The van der Waals surface area contributed by atoms with E-state index in [-0.39, 0.29) is 0 Å². The van der Waals surface area contributed by atoms with Gasteiger partial charge >= 0.3 is 0 Å². The summed E-state index contributed by atoms with van der Waals surface area (Å²) in [6, 6.07) is 3.52. The highest BCUT2D eigenvalue weighted by Crippen LogP contribution is 2.09. The van der Waals surface area contributed by atoms with E-state index in [4.69, 9.17) is 5.73 Å². The van der Waals surface area contributed by atoms with Gasteiger partial charge in [0.15, 0.2) is 5.82 Å². The molecule has 12 heavy (non-hydrogen) atoms. The molecule has 0 atom stereocenters. The molecule has 0 radical (unpaired) electrons. The first-order valence-corrected chi connectivity index (χ1v) is 3.45. The lowest BCUT2D eigenvalue weighted by atomic mass is 10.4. The summed E-state index contributed by atoms with van der Waals surface area (Å²) in [6.07, 6.45) is 4.80. The highest BCUT2D eigenvalue weighted by molar-refractivity contribution is 5.50. The Morgan fingerprint density at radius 1 is 1.17 bits per heavy atom. The van der Waals surface area contributed by atoms with E-state index in [1.165, 1.54) is 4.80 Å². The Labute approximate surface area is 68.8 Å². The van der Waals surface area contributed by atoms with Gasteiger partial charge in [-0.2, -0.15) is 10.2 Å². The molecular weight excluding hydrogens is 154 g/mol. The molecule has 0 saturated carbocycles. The number of rotatable bonds is 1. The van der Waals surface area contributed by atoms with Crippen molar-refractivity contribution < 1.29 is 0 Å². The van der Waals surface area contributed by atoms with Gasteiger partial charge in [-0.25, -0.2) is 4.98 Å². The van der Waals surface area contributed by atoms with Crippen molar-refractivity contribution in [1.82, 2.24) is 20.0 Å². The lowest BCUT2D eigenvalue weighted by Gasteiger charge is -2.00. The van der Waals surface area contributed by atoms with Crippen molar-refractivity contribution in [2.24, 2.45) is 0 Å². The number of hydrogen-bond donors (Lipinski definition) is 1. The van der Waals surface area contributed by atoms with Crippen LogP contribution in [0.5, 0.6) is 0 Å². The normalized spacial score (nSPS) is 10.0. The molecule has 0 spiro atoms. The van der Waals surface area contributed by atoms with Crippen LogP contribution in [0, 0.1) is 0 Å². The molecule has 2 aromatic heterocycles. The molecule has 0 fully saturated rings. The van der Waals surface area contributed by atoms with Gasteiger partial charge in [0.1, 0.15) is 0 Å². The molecule has 2 rings (SSSR count). The van der Waals surface area contributed by atoms with Gasteiger partial charge in [0.2, 0.25) is 0 Å². The lowest BCUT2D eigenvalue weighted by molar-refractivity contribution is 0.732. The van der Waals surface area contributed by atoms with Crippen molar-refractivity contribution in [2.75, 3.05) is 5.73 Å². The van der Waals surface area contributed by atoms with E-state index in [9.17, 15) is 0 Å². The minimum absolute atomic E-state index is 0.558. The molecule has 0 aliphatic rings. The zero-order valence-electron chi connectivity index (χ0n) is 6.25. The third-order valence-electron chi connectivity index (χ3n) is 1.43. The van der Waals surface area contributed by atoms with E-state index in [1.54, 1.807) is 30.7 Å². The maximum absolute atomic E-state index is 5.65. The molecule has 0 unspecified atom stereocenters. The van der Waals surface area contributed by atoms with Crippen LogP contribution in [0.15, 0.2) is 30.7 Å². The van der Waals surface area contributed by atoms with Crippen LogP contribution in [0.2, 0.25) is 0 Å². The van der Waals surface area contributed by atoms with Crippen molar-refractivity contribution >= 4 is 5.69 Å². The van der Waals surface area contributed by atoms with E-state index in [2.05, 4.69) is 15.2 Å². The van der Waals surface area contributed by atoms with E-state index in [0.717, 1.165) is 0 Å². The quantitative estimate of drug-likeness (QED) is 0.650. The highest BCUT2D eigenvalue weighted by Gasteiger charge is 2.01. The maximum atomic E-state index is 5.65. The molecule has 0 aliphatic carbocycles. The fourth-order valence-corrected chi connectivity index (χ4v) is 0.902. The number of nitrogen functional groups attached to an aromatic ring is 1. The second-order valence-electron chi connectivity index (χ2n) is 2.23. The molecule has 0 amide bonds. The largest absolute Gasteiger partial charge is 0.396 e. The minimum atomic E-state index is 0.558. The van der Waals surface area contributed by atoms with Gasteiger partial charge in [-0.1, -0.05) is 0 Å². The topological polar surface area (TPSA) is 69.6 Å². The highest BCUT2D eigenvalue weighted by atomic mass is 15.5. The van der Waals surface area contributed by atoms with Crippen LogP contribution in [-0.2, 0) is 0 Å². The SMILES string of the molecule is Nc1cccnc1-n1nccn1. The summed E-state index contributed by atoms with van der Waals surface area (Å²) in [5, 5.41) is 7.82. The Morgan fingerprint density at radius 3 is 2.58 bits per heavy atom. The summed E-state index contributed by atoms with van der Waals surface area (Å²) in [7, 11) is 0. The van der Waals surface area contributed by atoms with Gasteiger partial charge in [-0.3, -0.25) is 0 Å². The Morgan fingerprint density at radius 2 is 1.92 bits per heavy atom. The molecule has 0 aromatic carbocycles. The van der Waals surface area contributed by atoms with Crippen LogP contribution in [0.25, 0.3) is 5.82 Å². The van der Waals surface area contributed by atoms with Crippen molar-refractivity contribution in [2.45, 2.75) is 0 Å².